The molecule has 1 rings (SSSR count). The van der Waals surface area contributed by atoms with Crippen LogP contribution in [0.5, 0.6) is 5.75 Å². The summed E-state index contributed by atoms with van der Waals surface area (Å²) < 4.78 is 29.5. The highest BCUT2D eigenvalue weighted by atomic mass is 32.2. The zero-order chi connectivity index (χ0) is 16.2. The SMILES string of the molecule is CCC(C)NC(=O)c1cc(N(C)S(C)(=O)=O)ccc1OC. The van der Waals surface area contributed by atoms with Gasteiger partial charge in [-0.05, 0) is 31.5 Å². The van der Waals surface area contributed by atoms with Crippen molar-refractivity contribution in [2.24, 2.45) is 0 Å². The molecule has 6 nitrogen and oxygen atoms in total. The number of anilines is 1. The van der Waals surface area contributed by atoms with E-state index in [9.17, 15) is 13.2 Å². The monoisotopic (exact) mass is 314 g/mol. The van der Waals surface area contributed by atoms with Crippen molar-refractivity contribution in [1.82, 2.24) is 5.32 Å². The van der Waals surface area contributed by atoms with Gasteiger partial charge in [0.25, 0.3) is 5.91 Å². The molecule has 0 spiro atoms. The van der Waals surface area contributed by atoms with E-state index in [4.69, 9.17) is 4.74 Å². The van der Waals surface area contributed by atoms with Crippen molar-refractivity contribution in [2.75, 3.05) is 24.7 Å². The second kappa shape index (κ2) is 6.80. The van der Waals surface area contributed by atoms with E-state index in [1.807, 2.05) is 13.8 Å². The number of carbonyl (C=O) groups excluding carboxylic acids is 1. The van der Waals surface area contributed by atoms with Gasteiger partial charge in [0.1, 0.15) is 5.75 Å². The van der Waals surface area contributed by atoms with Gasteiger partial charge >= 0.3 is 0 Å². The Hall–Kier alpha value is -1.76. The van der Waals surface area contributed by atoms with Gasteiger partial charge < -0.3 is 10.1 Å². The smallest absolute Gasteiger partial charge is 0.255 e. The maximum absolute atomic E-state index is 12.3. The van der Waals surface area contributed by atoms with Crippen LogP contribution in [-0.2, 0) is 10.0 Å². The van der Waals surface area contributed by atoms with E-state index in [-0.39, 0.29) is 11.9 Å². The second-order valence-electron chi connectivity index (χ2n) is 4.90. The first-order valence-electron chi connectivity index (χ1n) is 6.63. The number of nitrogens with one attached hydrogen (secondary N) is 1. The van der Waals surface area contributed by atoms with E-state index in [0.29, 0.717) is 17.0 Å². The minimum atomic E-state index is -3.38. The molecule has 0 aromatic heterocycles. The Morgan fingerprint density at radius 3 is 2.52 bits per heavy atom. The molecule has 0 heterocycles. The summed E-state index contributed by atoms with van der Waals surface area (Å²) in [6.07, 6.45) is 1.91. The minimum absolute atomic E-state index is 0.0264. The summed E-state index contributed by atoms with van der Waals surface area (Å²) in [4.78, 5) is 12.3. The third-order valence-corrected chi connectivity index (χ3v) is 4.48. The molecule has 0 saturated carbocycles. The van der Waals surface area contributed by atoms with Gasteiger partial charge in [-0.1, -0.05) is 6.92 Å². The highest BCUT2D eigenvalue weighted by Crippen LogP contribution is 2.25. The van der Waals surface area contributed by atoms with Crippen molar-refractivity contribution in [1.29, 1.82) is 0 Å². The van der Waals surface area contributed by atoms with E-state index in [0.717, 1.165) is 17.0 Å². The van der Waals surface area contributed by atoms with Crippen molar-refractivity contribution in [3.63, 3.8) is 0 Å². The van der Waals surface area contributed by atoms with Gasteiger partial charge in [0, 0.05) is 13.1 Å². The van der Waals surface area contributed by atoms with Crippen LogP contribution in [-0.4, -0.2) is 40.8 Å². The molecule has 21 heavy (non-hydrogen) atoms. The van der Waals surface area contributed by atoms with Gasteiger partial charge in [0.15, 0.2) is 0 Å². The molecule has 0 aliphatic rings. The summed E-state index contributed by atoms with van der Waals surface area (Å²) in [6, 6.07) is 4.72. The zero-order valence-electron chi connectivity index (χ0n) is 13.0. The summed E-state index contributed by atoms with van der Waals surface area (Å²) >= 11 is 0. The first kappa shape index (κ1) is 17.3. The van der Waals surface area contributed by atoms with E-state index in [1.165, 1.54) is 20.2 Å². The van der Waals surface area contributed by atoms with E-state index in [2.05, 4.69) is 5.32 Å². The Kier molecular flexibility index (Phi) is 5.60. The standard InChI is InChI=1S/C14H22N2O4S/c1-6-10(2)15-14(17)12-9-11(7-8-13(12)20-4)16(3)21(5,18)19/h7-10H,6H2,1-5H3,(H,15,17). The van der Waals surface area contributed by atoms with Gasteiger partial charge in [-0.25, -0.2) is 8.42 Å². The number of methoxy groups -OCH3 is 1. The number of hydrogen-bond acceptors (Lipinski definition) is 4. The molecule has 1 unspecified atom stereocenters. The molecule has 1 aromatic rings. The largest absolute Gasteiger partial charge is 0.496 e. The maximum atomic E-state index is 12.3. The Morgan fingerprint density at radius 2 is 2.05 bits per heavy atom. The van der Waals surface area contributed by atoms with E-state index < -0.39 is 10.0 Å². The highest BCUT2D eigenvalue weighted by molar-refractivity contribution is 7.92. The lowest BCUT2D eigenvalue weighted by Gasteiger charge is -2.19. The van der Waals surface area contributed by atoms with Crippen LogP contribution in [0.3, 0.4) is 0 Å². The summed E-state index contributed by atoms with van der Waals surface area (Å²) in [5.74, 6) is 0.117. The molecule has 0 saturated heterocycles. The molecule has 0 bridgehead atoms. The highest BCUT2D eigenvalue weighted by Gasteiger charge is 2.18. The molecule has 1 N–H and O–H groups in total. The normalized spacial score (nSPS) is 12.6. The fraction of sp³-hybridized carbons (Fsp3) is 0.500. The molecular formula is C14H22N2O4S. The number of benzene rings is 1. The molecule has 1 atom stereocenters. The second-order valence-corrected chi connectivity index (χ2v) is 6.91. The fourth-order valence-electron chi connectivity index (χ4n) is 1.66. The molecular weight excluding hydrogens is 292 g/mol. The van der Waals surface area contributed by atoms with Gasteiger partial charge in [-0.2, -0.15) is 0 Å². The lowest BCUT2D eigenvalue weighted by atomic mass is 10.1. The van der Waals surface area contributed by atoms with Crippen LogP contribution in [0.4, 0.5) is 5.69 Å². The molecule has 1 amide bonds. The van der Waals surface area contributed by atoms with Crippen molar-refractivity contribution in [3.05, 3.63) is 23.8 Å². The molecule has 0 aliphatic heterocycles. The lowest BCUT2D eigenvalue weighted by molar-refractivity contribution is 0.0936. The average Bonchev–Trinajstić information content (AvgIpc) is 2.44. The number of hydrogen-bond donors (Lipinski definition) is 1. The first-order chi connectivity index (χ1) is 9.70. The van der Waals surface area contributed by atoms with Crippen LogP contribution in [0.1, 0.15) is 30.6 Å². The number of nitrogens with zero attached hydrogens (tertiary/aromatic N) is 1. The Labute approximate surface area is 126 Å². The van der Waals surface area contributed by atoms with Crippen LogP contribution in [0.2, 0.25) is 0 Å². The number of ether oxygens (including phenoxy) is 1. The quantitative estimate of drug-likeness (QED) is 0.865. The van der Waals surface area contributed by atoms with E-state index in [1.54, 1.807) is 12.1 Å². The van der Waals surface area contributed by atoms with Gasteiger partial charge in [0.2, 0.25) is 10.0 Å². The van der Waals surface area contributed by atoms with Gasteiger partial charge in [-0.15, -0.1) is 0 Å². The predicted octanol–water partition coefficient (Wildman–Crippen LogP) is 1.62. The summed E-state index contributed by atoms with van der Waals surface area (Å²) in [7, 11) is -0.479. The van der Waals surface area contributed by atoms with Crippen LogP contribution in [0, 0.1) is 0 Å². The third kappa shape index (κ3) is 4.35. The predicted molar refractivity (Wildman–Crippen MR) is 83.5 cm³/mol. The number of amides is 1. The molecule has 1 aromatic carbocycles. The topological polar surface area (TPSA) is 75.7 Å². The van der Waals surface area contributed by atoms with Crippen LogP contribution < -0.4 is 14.4 Å². The summed E-state index contributed by atoms with van der Waals surface area (Å²) in [5.41, 5.74) is 0.721. The minimum Gasteiger partial charge on any atom is -0.496 e. The van der Waals surface area contributed by atoms with Crippen LogP contribution in [0.25, 0.3) is 0 Å². The molecule has 118 valence electrons. The van der Waals surface area contributed by atoms with Crippen LogP contribution >= 0.6 is 0 Å². The number of carbonyl (C=O) groups is 1. The van der Waals surface area contributed by atoms with Gasteiger partial charge in [-0.3, -0.25) is 9.10 Å². The lowest BCUT2D eigenvalue weighted by Crippen LogP contribution is -2.32. The van der Waals surface area contributed by atoms with Crippen molar-refractivity contribution in [2.45, 2.75) is 26.3 Å². The Morgan fingerprint density at radius 1 is 1.43 bits per heavy atom. The maximum Gasteiger partial charge on any atom is 0.255 e. The first-order valence-corrected chi connectivity index (χ1v) is 8.48. The van der Waals surface area contributed by atoms with Crippen molar-refractivity contribution >= 4 is 21.6 Å². The molecule has 0 aliphatic carbocycles. The molecule has 7 heteroatoms. The van der Waals surface area contributed by atoms with Crippen molar-refractivity contribution in [3.8, 4) is 5.75 Å². The zero-order valence-corrected chi connectivity index (χ0v) is 13.8. The molecule has 0 radical (unpaired) electrons. The summed E-state index contributed by atoms with van der Waals surface area (Å²) in [5, 5.41) is 2.84. The fourth-order valence-corrected chi connectivity index (χ4v) is 2.16. The van der Waals surface area contributed by atoms with E-state index >= 15 is 0 Å². The molecule has 0 fully saturated rings. The average molecular weight is 314 g/mol. The van der Waals surface area contributed by atoms with Crippen LogP contribution in [0.15, 0.2) is 18.2 Å². The van der Waals surface area contributed by atoms with Crippen molar-refractivity contribution < 1.29 is 17.9 Å². The Bertz CT molecular complexity index is 613. The summed E-state index contributed by atoms with van der Waals surface area (Å²) in [6.45, 7) is 3.87. The number of sulfonamides is 1. The Balaban J connectivity index is 3.20. The third-order valence-electron chi connectivity index (χ3n) is 3.28. The number of rotatable bonds is 6. The van der Waals surface area contributed by atoms with Gasteiger partial charge in [0.05, 0.1) is 24.6 Å².